The summed E-state index contributed by atoms with van der Waals surface area (Å²) in [6.07, 6.45) is -0.352. The second-order valence-corrected chi connectivity index (χ2v) is 4.10. The highest BCUT2D eigenvalue weighted by Gasteiger charge is 2.04. The maximum absolute atomic E-state index is 9.14. The zero-order valence-corrected chi connectivity index (χ0v) is 11.6. The topological polar surface area (TPSA) is 41.5 Å². The molecular formula is C12H19Cl2NO2. The highest BCUT2D eigenvalue weighted by atomic mass is 35.5. The third-order valence-electron chi connectivity index (χ3n) is 2.08. The van der Waals surface area contributed by atoms with E-state index in [0.717, 1.165) is 11.3 Å². The Kier molecular flexibility index (Phi) is 8.35. The Morgan fingerprint density at radius 1 is 1.47 bits per heavy atom. The maximum Gasteiger partial charge on any atom is 0.123 e. The van der Waals surface area contributed by atoms with Crippen LogP contribution < -0.4 is 10.1 Å². The van der Waals surface area contributed by atoms with Crippen LogP contribution in [0.25, 0.3) is 0 Å². The van der Waals surface area contributed by atoms with Gasteiger partial charge in [-0.25, -0.2) is 0 Å². The van der Waals surface area contributed by atoms with Gasteiger partial charge in [0.2, 0.25) is 0 Å². The molecule has 1 atom stereocenters. The predicted molar refractivity (Wildman–Crippen MR) is 73.3 cm³/mol. The number of aliphatic hydroxyl groups excluding tert-OH is 1. The molecule has 0 spiro atoms. The zero-order valence-electron chi connectivity index (χ0n) is 10.1. The molecule has 17 heavy (non-hydrogen) atoms. The first-order valence-electron chi connectivity index (χ1n) is 5.43. The summed E-state index contributed by atoms with van der Waals surface area (Å²) in [7, 11) is 0. The van der Waals surface area contributed by atoms with Crippen LogP contribution >= 0.6 is 24.0 Å². The van der Waals surface area contributed by atoms with Gasteiger partial charge in [0.15, 0.2) is 0 Å². The number of benzene rings is 1. The molecule has 1 aromatic carbocycles. The van der Waals surface area contributed by atoms with E-state index in [9.17, 15) is 0 Å². The van der Waals surface area contributed by atoms with Crippen LogP contribution in [-0.4, -0.2) is 24.4 Å². The highest BCUT2D eigenvalue weighted by molar-refractivity contribution is 6.30. The molecule has 0 radical (unpaired) electrons. The number of hydrogen-bond acceptors (Lipinski definition) is 3. The van der Waals surface area contributed by atoms with Gasteiger partial charge >= 0.3 is 0 Å². The van der Waals surface area contributed by atoms with E-state index in [2.05, 4.69) is 5.32 Å². The van der Waals surface area contributed by atoms with Gasteiger partial charge < -0.3 is 15.2 Å². The molecule has 0 aromatic heterocycles. The molecule has 0 aliphatic carbocycles. The van der Waals surface area contributed by atoms with Gasteiger partial charge in [0.25, 0.3) is 0 Å². The van der Waals surface area contributed by atoms with Crippen LogP contribution in [0.2, 0.25) is 5.02 Å². The number of nitrogens with one attached hydrogen (secondary N) is 1. The molecule has 0 saturated heterocycles. The monoisotopic (exact) mass is 279 g/mol. The van der Waals surface area contributed by atoms with Gasteiger partial charge in [-0.1, -0.05) is 11.6 Å². The van der Waals surface area contributed by atoms with Crippen LogP contribution in [0.3, 0.4) is 0 Å². The van der Waals surface area contributed by atoms with Crippen LogP contribution in [0, 0.1) is 0 Å². The first kappa shape index (κ1) is 16.5. The van der Waals surface area contributed by atoms with E-state index in [4.69, 9.17) is 21.4 Å². The Hall–Kier alpha value is -0.480. The Labute approximate surface area is 114 Å². The van der Waals surface area contributed by atoms with E-state index in [-0.39, 0.29) is 18.5 Å². The molecule has 0 heterocycles. The average Bonchev–Trinajstić information content (AvgIpc) is 2.21. The Balaban J connectivity index is 0.00000256. The lowest BCUT2D eigenvalue weighted by molar-refractivity contribution is 0.190. The number of halogens is 2. The normalized spacial score (nSPS) is 11.8. The van der Waals surface area contributed by atoms with Gasteiger partial charge in [0.05, 0.1) is 12.7 Å². The molecule has 0 amide bonds. The lowest BCUT2D eigenvalue weighted by Crippen LogP contribution is -2.24. The van der Waals surface area contributed by atoms with Crippen molar-refractivity contribution in [3.63, 3.8) is 0 Å². The van der Waals surface area contributed by atoms with Crippen molar-refractivity contribution in [1.29, 1.82) is 0 Å². The second kappa shape index (κ2) is 8.59. The van der Waals surface area contributed by atoms with Crippen molar-refractivity contribution < 1.29 is 9.84 Å². The lowest BCUT2D eigenvalue weighted by Gasteiger charge is -2.12. The minimum Gasteiger partial charge on any atom is -0.494 e. The summed E-state index contributed by atoms with van der Waals surface area (Å²) in [5.74, 6) is 0.838. The van der Waals surface area contributed by atoms with Crippen molar-refractivity contribution in [2.45, 2.75) is 26.5 Å². The summed E-state index contributed by atoms with van der Waals surface area (Å²) in [4.78, 5) is 0. The third kappa shape index (κ3) is 6.13. The summed E-state index contributed by atoms with van der Waals surface area (Å²) in [5, 5.41) is 13.0. The SMILES string of the molecule is CCOc1ccc(Cl)cc1CNCC(C)O.Cl. The van der Waals surface area contributed by atoms with Crippen molar-refractivity contribution in [3.8, 4) is 5.75 Å². The van der Waals surface area contributed by atoms with E-state index in [1.165, 1.54) is 0 Å². The fourth-order valence-corrected chi connectivity index (χ4v) is 1.59. The minimum atomic E-state index is -0.352. The lowest BCUT2D eigenvalue weighted by atomic mass is 10.2. The van der Waals surface area contributed by atoms with E-state index in [1.54, 1.807) is 6.92 Å². The molecule has 3 nitrogen and oxygen atoms in total. The molecule has 0 bridgehead atoms. The van der Waals surface area contributed by atoms with Crippen LogP contribution in [0.15, 0.2) is 18.2 Å². The van der Waals surface area contributed by atoms with Gasteiger partial charge in [-0.05, 0) is 32.0 Å². The third-order valence-corrected chi connectivity index (χ3v) is 2.31. The van der Waals surface area contributed by atoms with E-state index in [1.807, 2.05) is 25.1 Å². The molecule has 0 fully saturated rings. The van der Waals surface area contributed by atoms with Gasteiger partial charge in [-0.2, -0.15) is 0 Å². The van der Waals surface area contributed by atoms with Crippen molar-refractivity contribution >= 4 is 24.0 Å². The van der Waals surface area contributed by atoms with Crippen LogP contribution in [0.4, 0.5) is 0 Å². The van der Waals surface area contributed by atoms with Crippen LogP contribution in [0.5, 0.6) is 5.75 Å². The molecular weight excluding hydrogens is 261 g/mol. The smallest absolute Gasteiger partial charge is 0.123 e. The maximum atomic E-state index is 9.14. The first-order chi connectivity index (χ1) is 7.63. The summed E-state index contributed by atoms with van der Waals surface area (Å²) in [5.41, 5.74) is 1.01. The summed E-state index contributed by atoms with van der Waals surface area (Å²) < 4.78 is 5.49. The van der Waals surface area contributed by atoms with Crippen molar-refractivity contribution in [1.82, 2.24) is 5.32 Å². The highest BCUT2D eigenvalue weighted by Crippen LogP contribution is 2.22. The summed E-state index contributed by atoms with van der Waals surface area (Å²) >= 11 is 5.93. The molecule has 98 valence electrons. The molecule has 5 heteroatoms. The fourth-order valence-electron chi connectivity index (χ4n) is 1.40. The molecule has 1 unspecified atom stereocenters. The fraction of sp³-hybridized carbons (Fsp3) is 0.500. The van der Waals surface area contributed by atoms with Crippen molar-refractivity contribution in [2.75, 3.05) is 13.2 Å². The number of ether oxygens (including phenoxy) is 1. The summed E-state index contributed by atoms with van der Waals surface area (Å²) in [6, 6.07) is 5.55. The standard InChI is InChI=1S/C12H18ClNO2.ClH/c1-3-16-12-5-4-11(13)6-10(12)8-14-7-9(2)15;/h4-6,9,14-15H,3,7-8H2,1-2H3;1H. The Morgan fingerprint density at radius 3 is 2.76 bits per heavy atom. The van der Waals surface area contributed by atoms with E-state index in [0.29, 0.717) is 24.7 Å². The summed E-state index contributed by atoms with van der Waals surface area (Å²) in [6.45, 7) is 5.51. The Morgan fingerprint density at radius 2 is 2.18 bits per heavy atom. The number of hydrogen-bond donors (Lipinski definition) is 2. The van der Waals surface area contributed by atoms with E-state index < -0.39 is 0 Å². The molecule has 0 saturated carbocycles. The minimum absolute atomic E-state index is 0. The van der Waals surface area contributed by atoms with Gasteiger partial charge in [0.1, 0.15) is 5.75 Å². The van der Waals surface area contributed by atoms with Crippen molar-refractivity contribution in [2.24, 2.45) is 0 Å². The van der Waals surface area contributed by atoms with Gasteiger partial charge in [0, 0.05) is 23.7 Å². The Bertz CT molecular complexity index is 332. The largest absolute Gasteiger partial charge is 0.494 e. The molecule has 2 N–H and O–H groups in total. The number of rotatable bonds is 6. The molecule has 0 aliphatic rings. The average molecular weight is 280 g/mol. The molecule has 1 rings (SSSR count). The van der Waals surface area contributed by atoms with Crippen molar-refractivity contribution in [3.05, 3.63) is 28.8 Å². The second-order valence-electron chi connectivity index (χ2n) is 3.66. The predicted octanol–water partition coefficient (Wildman–Crippen LogP) is 2.63. The van der Waals surface area contributed by atoms with Crippen LogP contribution in [-0.2, 0) is 6.54 Å². The van der Waals surface area contributed by atoms with Gasteiger partial charge in [-0.3, -0.25) is 0 Å². The van der Waals surface area contributed by atoms with Crippen LogP contribution in [0.1, 0.15) is 19.4 Å². The molecule has 0 aliphatic heterocycles. The molecule has 1 aromatic rings. The number of aliphatic hydroxyl groups is 1. The van der Waals surface area contributed by atoms with E-state index >= 15 is 0 Å². The zero-order chi connectivity index (χ0) is 12.0. The quantitative estimate of drug-likeness (QED) is 0.841. The first-order valence-corrected chi connectivity index (χ1v) is 5.81. The van der Waals surface area contributed by atoms with Gasteiger partial charge in [-0.15, -0.1) is 12.4 Å².